The van der Waals surface area contributed by atoms with Gasteiger partial charge < -0.3 is 10.1 Å². The van der Waals surface area contributed by atoms with E-state index in [9.17, 15) is 4.79 Å². The van der Waals surface area contributed by atoms with E-state index >= 15 is 0 Å². The first kappa shape index (κ1) is 12.0. The number of nitrogens with one attached hydrogen (secondary N) is 1. The molecule has 72 valence electrons. The monoisotopic (exact) mass is 213 g/mol. The summed E-state index contributed by atoms with van der Waals surface area (Å²) in [5.41, 5.74) is 0. The zero-order chi connectivity index (χ0) is 9.56. The number of carbonyl (C=O) groups excluding carboxylic acids is 1. The van der Waals surface area contributed by atoms with Crippen LogP contribution in [0.3, 0.4) is 0 Å². The quantitative estimate of drug-likeness (QED) is 0.554. The van der Waals surface area contributed by atoms with Crippen molar-refractivity contribution in [3.05, 3.63) is 0 Å². The van der Waals surface area contributed by atoms with Crippen LogP contribution in [0.1, 0.15) is 13.3 Å². The molecule has 0 heterocycles. The van der Waals surface area contributed by atoms with Gasteiger partial charge in [0.1, 0.15) is 11.4 Å². The van der Waals surface area contributed by atoms with Crippen LogP contribution in [0.4, 0.5) is 0 Å². The van der Waals surface area contributed by atoms with E-state index in [-0.39, 0.29) is 18.6 Å². The number of hydrogen-bond donors (Lipinski definition) is 1. The van der Waals surface area contributed by atoms with E-state index in [0.29, 0.717) is 6.42 Å². The van der Waals surface area contributed by atoms with Crippen molar-refractivity contribution in [2.45, 2.75) is 24.2 Å². The van der Waals surface area contributed by atoms with Gasteiger partial charge >= 0.3 is 5.97 Å². The molecule has 0 aliphatic heterocycles. The van der Waals surface area contributed by atoms with Crippen molar-refractivity contribution in [1.82, 2.24) is 5.32 Å². The number of ether oxygens (including phenoxy) is 1. The largest absolute Gasteiger partial charge is 0.464 e. The first-order chi connectivity index (χ1) is 5.61. The van der Waals surface area contributed by atoms with Gasteiger partial charge in [0.05, 0.1) is 6.04 Å². The second-order valence-electron chi connectivity index (χ2n) is 2.27. The summed E-state index contributed by atoms with van der Waals surface area (Å²) in [6.45, 7) is 1.94. The Morgan fingerprint density at radius 3 is 2.50 bits per heavy atom. The second kappa shape index (κ2) is 6.52. The molecule has 0 amide bonds. The summed E-state index contributed by atoms with van der Waals surface area (Å²) in [7, 11) is 1.71. The van der Waals surface area contributed by atoms with Gasteiger partial charge in [0.2, 0.25) is 0 Å². The molecule has 0 aromatic carbocycles. The second-order valence-corrected chi connectivity index (χ2v) is 3.43. The molecule has 1 N–H and O–H groups in total. The SMILES string of the molecule is CCC(=O)OC[C@H](NC)C(Cl)Cl. The molecular formula is C7H13Cl2NO2. The fraction of sp³-hybridized carbons (Fsp3) is 0.857. The minimum absolute atomic E-state index is 0.205. The van der Waals surface area contributed by atoms with Gasteiger partial charge in [-0.25, -0.2) is 0 Å². The number of hydrogen-bond acceptors (Lipinski definition) is 3. The highest BCUT2D eigenvalue weighted by atomic mass is 35.5. The zero-order valence-corrected chi connectivity index (χ0v) is 8.65. The highest BCUT2D eigenvalue weighted by molar-refractivity contribution is 6.44. The molecule has 12 heavy (non-hydrogen) atoms. The van der Waals surface area contributed by atoms with Gasteiger partial charge in [-0.05, 0) is 7.05 Å². The topological polar surface area (TPSA) is 38.3 Å². The van der Waals surface area contributed by atoms with Crippen molar-refractivity contribution < 1.29 is 9.53 Å². The molecule has 0 aromatic rings. The molecule has 0 aliphatic carbocycles. The summed E-state index contributed by atoms with van der Waals surface area (Å²) in [6, 6.07) is -0.205. The van der Waals surface area contributed by atoms with Crippen LogP contribution < -0.4 is 5.32 Å². The van der Waals surface area contributed by atoms with Crippen LogP contribution in [0.2, 0.25) is 0 Å². The van der Waals surface area contributed by atoms with Crippen molar-refractivity contribution in [1.29, 1.82) is 0 Å². The van der Waals surface area contributed by atoms with Crippen molar-refractivity contribution in [3.8, 4) is 0 Å². The molecule has 0 rings (SSSR count). The third-order valence-electron chi connectivity index (χ3n) is 1.39. The lowest BCUT2D eigenvalue weighted by atomic mass is 10.3. The van der Waals surface area contributed by atoms with Crippen LogP contribution >= 0.6 is 23.2 Å². The number of alkyl halides is 2. The van der Waals surface area contributed by atoms with Gasteiger partial charge in [-0.3, -0.25) is 4.79 Å². The van der Waals surface area contributed by atoms with Crippen molar-refractivity contribution in [3.63, 3.8) is 0 Å². The van der Waals surface area contributed by atoms with Crippen LogP contribution in [0.5, 0.6) is 0 Å². The normalized spacial score (nSPS) is 13.1. The molecule has 0 saturated heterocycles. The molecule has 0 fully saturated rings. The third-order valence-corrected chi connectivity index (χ3v) is 2.00. The number of esters is 1. The van der Waals surface area contributed by atoms with Crippen molar-refractivity contribution in [2.24, 2.45) is 0 Å². The fourth-order valence-electron chi connectivity index (χ4n) is 0.567. The number of likely N-dealkylation sites (N-methyl/N-ethyl adjacent to an activating group) is 1. The van der Waals surface area contributed by atoms with Crippen LogP contribution in [0, 0.1) is 0 Å². The standard InChI is InChI=1S/C7H13Cl2NO2/c1-3-6(11)12-4-5(10-2)7(8)9/h5,7,10H,3-4H2,1-2H3/t5-/m0/s1. The minimum atomic E-state index is -0.570. The Morgan fingerprint density at radius 2 is 2.17 bits per heavy atom. The maximum Gasteiger partial charge on any atom is 0.305 e. The molecule has 0 bridgehead atoms. The summed E-state index contributed by atoms with van der Waals surface area (Å²) >= 11 is 11.2. The molecule has 0 unspecified atom stereocenters. The smallest absolute Gasteiger partial charge is 0.305 e. The number of carbonyl (C=O) groups is 1. The Balaban J connectivity index is 3.65. The average Bonchev–Trinajstić information content (AvgIpc) is 2.04. The van der Waals surface area contributed by atoms with Crippen LogP contribution in [-0.2, 0) is 9.53 Å². The first-order valence-electron chi connectivity index (χ1n) is 3.72. The molecule has 0 radical (unpaired) electrons. The summed E-state index contributed by atoms with van der Waals surface area (Å²) in [4.78, 5) is 10.1. The van der Waals surface area contributed by atoms with E-state index in [1.807, 2.05) is 0 Å². The van der Waals surface area contributed by atoms with Gasteiger partial charge in [-0.15, -0.1) is 23.2 Å². The molecule has 5 heteroatoms. The Bertz CT molecular complexity index is 141. The number of rotatable bonds is 5. The fourth-order valence-corrected chi connectivity index (χ4v) is 0.964. The molecule has 0 spiro atoms. The van der Waals surface area contributed by atoms with Gasteiger partial charge in [-0.2, -0.15) is 0 Å². The Hall–Kier alpha value is 0.01000. The van der Waals surface area contributed by atoms with Crippen LogP contribution in [-0.4, -0.2) is 30.5 Å². The highest BCUT2D eigenvalue weighted by Gasteiger charge is 2.16. The maximum atomic E-state index is 10.7. The minimum Gasteiger partial charge on any atom is -0.464 e. The van der Waals surface area contributed by atoms with E-state index in [0.717, 1.165) is 0 Å². The van der Waals surface area contributed by atoms with Crippen LogP contribution in [0.15, 0.2) is 0 Å². The maximum absolute atomic E-state index is 10.7. The van der Waals surface area contributed by atoms with Gasteiger partial charge in [0.25, 0.3) is 0 Å². The van der Waals surface area contributed by atoms with E-state index in [1.54, 1.807) is 14.0 Å². The Kier molecular flexibility index (Phi) is 6.52. The Labute approximate surface area is 82.4 Å². The lowest BCUT2D eigenvalue weighted by Gasteiger charge is -2.16. The summed E-state index contributed by atoms with van der Waals surface area (Å²) in [5.74, 6) is -0.246. The van der Waals surface area contributed by atoms with Crippen molar-refractivity contribution in [2.75, 3.05) is 13.7 Å². The summed E-state index contributed by atoms with van der Waals surface area (Å²) in [5, 5.41) is 2.84. The molecule has 0 aliphatic rings. The average molecular weight is 214 g/mol. The van der Waals surface area contributed by atoms with Crippen LogP contribution in [0.25, 0.3) is 0 Å². The lowest BCUT2D eigenvalue weighted by molar-refractivity contribution is -0.143. The summed E-state index contributed by atoms with van der Waals surface area (Å²) in [6.07, 6.45) is 0.367. The molecular weight excluding hydrogens is 201 g/mol. The van der Waals surface area contributed by atoms with Crippen molar-refractivity contribution >= 4 is 29.2 Å². The molecule has 3 nitrogen and oxygen atoms in total. The zero-order valence-electron chi connectivity index (χ0n) is 7.14. The van der Waals surface area contributed by atoms with Gasteiger partial charge in [-0.1, -0.05) is 6.92 Å². The summed E-state index contributed by atoms with van der Waals surface area (Å²) < 4.78 is 4.84. The number of halogens is 2. The lowest BCUT2D eigenvalue weighted by Crippen LogP contribution is -2.36. The highest BCUT2D eigenvalue weighted by Crippen LogP contribution is 2.07. The third kappa shape index (κ3) is 4.80. The van der Waals surface area contributed by atoms with E-state index in [1.165, 1.54) is 0 Å². The molecule has 0 saturated carbocycles. The predicted molar refractivity (Wildman–Crippen MR) is 49.6 cm³/mol. The molecule has 1 atom stereocenters. The van der Waals surface area contributed by atoms with E-state index in [2.05, 4.69) is 5.32 Å². The van der Waals surface area contributed by atoms with E-state index in [4.69, 9.17) is 27.9 Å². The van der Waals surface area contributed by atoms with Gasteiger partial charge in [0, 0.05) is 6.42 Å². The molecule has 0 aromatic heterocycles. The van der Waals surface area contributed by atoms with Gasteiger partial charge in [0.15, 0.2) is 0 Å². The predicted octanol–water partition coefficient (Wildman–Crippen LogP) is 1.33. The first-order valence-corrected chi connectivity index (χ1v) is 4.60. The Morgan fingerprint density at radius 1 is 1.58 bits per heavy atom. The van der Waals surface area contributed by atoms with E-state index < -0.39 is 4.84 Å².